The van der Waals surface area contributed by atoms with Crippen molar-refractivity contribution in [2.75, 3.05) is 0 Å². The van der Waals surface area contributed by atoms with E-state index in [0.29, 0.717) is 0 Å². The third kappa shape index (κ3) is 1.89. The zero-order valence-corrected chi connectivity index (χ0v) is 12.4. The molecule has 1 aliphatic heterocycles. The summed E-state index contributed by atoms with van der Waals surface area (Å²) in [7, 11) is 0. The second-order valence-corrected chi connectivity index (χ2v) is 6.14. The summed E-state index contributed by atoms with van der Waals surface area (Å²) in [6.07, 6.45) is 2.08. The highest BCUT2D eigenvalue weighted by Crippen LogP contribution is 2.29. The molecule has 1 N–H and O–H groups in total. The molecule has 1 atom stereocenters. The van der Waals surface area contributed by atoms with E-state index in [4.69, 9.17) is 12.2 Å². The fourth-order valence-corrected chi connectivity index (χ4v) is 3.26. The van der Waals surface area contributed by atoms with Crippen molar-refractivity contribution in [3.63, 3.8) is 0 Å². The minimum absolute atomic E-state index is 0.160. The molecule has 18 heavy (non-hydrogen) atoms. The van der Waals surface area contributed by atoms with Crippen LogP contribution < -0.4 is 5.32 Å². The van der Waals surface area contributed by atoms with Crippen LogP contribution in [0.2, 0.25) is 0 Å². The molecule has 0 saturated heterocycles. The monoisotopic (exact) mass is 320 g/mol. The van der Waals surface area contributed by atoms with Crippen molar-refractivity contribution in [3.8, 4) is 0 Å². The number of fused-ring (bicyclic) bond motifs is 1. The lowest BCUT2D eigenvalue weighted by atomic mass is 9.90. The van der Waals surface area contributed by atoms with E-state index in [1.54, 1.807) is 0 Å². The van der Waals surface area contributed by atoms with Gasteiger partial charge < -0.3 is 9.88 Å². The Labute approximate surface area is 120 Å². The van der Waals surface area contributed by atoms with Gasteiger partial charge in [-0.1, -0.05) is 40.3 Å². The van der Waals surface area contributed by atoms with Gasteiger partial charge in [-0.15, -0.1) is 0 Å². The predicted octanol–water partition coefficient (Wildman–Crippen LogP) is 3.44. The van der Waals surface area contributed by atoms with E-state index in [-0.39, 0.29) is 5.54 Å². The van der Waals surface area contributed by atoms with E-state index < -0.39 is 0 Å². The highest BCUT2D eigenvalue weighted by molar-refractivity contribution is 9.10. The molecule has 1 aromatic carbocycles. The van der Waals surface area contributed by atoms with Crippen LogP contribution in [0.15, 0.2) is 47.1 Å². The fourth-order valence-electron chi connectivity index (χ4n) is 2.45. The first kappa shape index (κ1) is 11.9. The molecule has 2 nitrogen and oxygen atoms in total. The summed E-state index contributed by atoms with van der Waals surface area (Å²) in [6, 6.07) is 12.5. The van der Waals surface area contributed by atoms with E-state index in [1.165, 1.54) is 5.56 Å². The number of aromatic nitrogens is 1. The highest BCUT2D eigenvalue weighted by atomic mass is 79.9. The van der Waals surface area contributed by atoms with Crippen LogP contribution in [-0.2, 0) is 12.1 Å². The molecule has 2 heterocycles. The normalized spacial score (nSPS) is 22.4. The summed E-state index contributed by atoms with van der Waals surface area (Å²) >= 11 is 8.98. The van der Waals surface area contributed by atoms with Crippen molar-refractivity contribution in [3.05, 3.63) is 58.3 Å². The molecule has 4 heteroatoms. The Morgan fingerprint density at radius 1 is 1.33 bits per heavy atom. The maximum atomic E-state index is 5.45. The SMILES string of the molecule is CC1(c2cccc(Br)c2)Cn2cccc2C(=S)N1. The van der Waals surface area contributed by atoms with Gasteiger partial charge in [0.25, 0.3) is 0 Å². The smallest absolute Gasteiger partial charge is 0.124 e. The predicted molar refractivity (Wildman–Crippen MR) is 80.8 cm³/mol. The molecule has 0 spiro atoms. The van der Waals surface area contributed by atoms with Gasteiger partial charge in [-0.05, 0) is 36.8 Å². The molecule has 0 radical (unpaired) electrons. The highest BCUT2D eigenvalue weighted by Gasteiger charge is 2.33. The van der Waals surface area contributed by atoms with Crippen molar-refractivity contribution in [1.29, 1.82) is 0 Å². The van der Waals surface area contributed by atoms with Gasteiger partial charge in [-0.25, -0.2) is 0 Å². The number of benzene rings is 1. The summed E-state index contributed by atoms with van der Waals surface area (Å²) in [6.45, 7) is 3.07. The topological polar surface area (TPSA) is 17.0 Å². The van der Waals surface area contributed by atoms with Crippen LogP contribution in [0.3, 0.4) is 0 Å². The molecule has 0 fully saturated rings. The number of rotatable bonds is 1. The molecule has 1 aliphatic rings. The second kappa shape index (κ2) is 4.21. The van der Waals surface area contributed by atoms with Crippen LogP contribution in [0.4, 0.5) is 0 Å². The van der Waals surface area contributed by atoms with Crippen molar-refractivity contribution in [2.24, 2.45) is 0 Å². The van der Waals surface area contributed by atoms with Crippen molar-refractivity contribution >= 4 is 33.1 Å². The Morgan fingerprint density at radius 2 is 2.17 bits per heavy atom. The van der Waals surface area contributed by atoms with E-state index in [1.807, 2.05) is 12.1 Å². The largest absolute Gasteiger partial charge is 0.364 e. The maximum Gasteiger partial charge on any atom is 0.124 e. The van der Waals surface area contributed by atoms with E-state index in [9.17, 15) is 0 Å². The van der Waals surface area contributed by atoms with Gasteiger partial charge in [-0.3, -0.25) is 0 Å². The van der Waals surface area contributed by atoms with Crippen molar-refractivity contribution in [2.45, 2.75) is 19.0 Å². The quantitative estimate of drug-likeness (QED) is 0.811. The van der Waals surface area contributed by atoms with Crippen LogP contribution in [0.1, 0.15) is 18.2 Å². The fraction of sp³-hybridized carbons (Fsp3) is 0.214. The number of hydrogen-bond acceptors (Lipinski definition) is 1. The summed E-state index contributed by atoms with van der Waals surface area (Å²) < 4.78 is 3.30. The third-order valence-corrected chi connectivity index (χ3v) is 4.20. The average Bonchev–Trinajstić information content (AvgIpc) is 2.77. The van der Waals surface area contributed by atoms with Gasteiger partial charge in [0.2, 0.25) is 0 Å². The average molecular weight is 321 g/mol. The number of nitrogens with zero attached hydrogens (tertiary/aromatic N) is 1. The Bertz CT molecular complexity index is 620. The summed E-state index contributed by atoms with van der Waals surface area (Å²) in [5, 5.41) is 3.47. The van der Waals surface area contributed by atoms with Gasteiger partial charge in [-0.2, -0.15) is 0 Å². The molecule has 0 saturated carbocycles. The lowest BCUT2D eigenvalue weighted by Gasteiger charge is -2.38. The van der Waals surface area contributed by atoms with E-state index >= 15 is 0 Å². The zero-order valence-electron chi connectivity index (χ0n) is 9.98. The number of nitrogens with one attached hydrogen (secondary N) is 1. The van der Waals surface area contributed by atoms with Gasteiger partial charge >= 0.3 is 0 Å². The summed E-state index contributed by atoms with van der Waals surface area (Å²) in [5.41, 5.74) is 2.17. The Hall–Kier alpha value is -1.13. The zero-order chi connectivity index (χ0) is 12.8. The molecule has 92 valence electrons. The first-order valence-corrected chi connectivity index (χ1v) is 7.02. The lowest BCUT2D eigenvalue weighted by Crippen LogP contribution is -2.50. The number of hydrogen-bond donors (Lipinski definition) is 1. The molecule has 2 aromatic rings. The van der Waals surface area contributed by atoms with E-state index in [0.717, 1.165) is 21.7 Å². The minimum Gasteiger partial charge on any atom is -0.364 e. The molecule has 1 aromatic heterocycles. The standard InChI is InChI=1S/C14H13BrN2S/c1-14(10-4-2-5-11(15)8-10)9-17-7-3-6-12(17)13(18)16-14/h2-8H,9H2,1H3,(H,16,18). The molecule has 0 bridgehead atoms. The summed E-state index contributed by atoms with van der Waals surface area (Å²) in [5.74, 6) is 0. The van der Waals surface area contributed by atoms with Crippen molar-refractivity contribution in [1.82, 2.24) is 9.88 Å². The van der Waals surface area contributed by atoms with Gasteiger partial charge in [0, 0.05) is 17.2 Å². The van der Waals surface area contributed by atoms with Crippen LogP contribution in [0.5, 0.6) is 0 Å². The number of halogens is 1. The Kier molecular flexibility index (Phi) is 2.79. The van der Waals surface area contributed by atoms with Crippen molar-refractivity contribution < 1.29 is 0 Å². The third-order valence-electron chi connectivity index (χ3n) is 3.40. The van der Waals surface area contributed by atoms with Gasteiger partial charge in [0.15, 0.2) is 0 Å². The van der Waals surface area contributed by atoms with Crippen LogP contribution in [0, 0.1) is 0 Å². The molecule has 1 unspecified atom stereocenters. The summed E-state index contributed by atoms with van der Waals surface area (Å²) in [4.78, 5) is 0.814. The first-order valence-electron chi connectivity index (χ1n) is 5.82. The lowest BCUT2D eigenvalue weighted by molar-refractivity contribution is 0.353. The van der Waals surface area contributed by atoms with Crippen LogP contribution in [0.25, 0.3) is 0 Å². The van der Waals surface area contributed by atoms with E-state index in [2.05, 4.69) is 63.2 Å². The van der Waals surface area contributed by atoms with Crippen LogP contribution >= 0.6 is 28.1 Å². The van der Waals surface area contributed by atoms with Crippen LogP contribution in [-0.4, -0.2) is 9.56 Å². The second-order valence-electron chi connectivity index (χ2n) is 4.82. The Balaban J connectivity index is 2.05. The molecular weight excluding hydrogens is 308 g/mol. The molecule has 0 amide bonds. The molecule has 0 aliphatic carbocycles. The Morgan fingerprint density at radius 3 is 2.94 bits per heavy atom. The first-order chi connectivity index (χ1) is 8.58. The van der Waals surface area contributed by atoms with Gasteiger partial charge in [0.1, 0.15) is 4.99 Å². The maximum absolute atomic E-state index is 5.45. The minimum atomic E-state index is -0.160. The number of thiocarbonyl (C=S) groups is 1. The van der Waals surface area contributed by atoms with Gasteiger partial charge in [0.05, 0.1) is 11.2 Å². The molecular formula is C14H13BrN2S. The molecule has 3 rings (SSSR count).